The summed E-state index contributed by atoms with van der Waals surface area (Å²) in [6.45, 7) is 5.51. The van der Waals surface area contributed by atoms with E-state index in [1.165, 1.54) is 4.90 Å². The predicted molar refractivity (Wildman–Crippen MR) is 79.7 cm³/mol. The molecule has 1 amide bonds. The predicted octanol–water partition coefficient (Wildman–Crippen LogP) is 2.08. The van der Waals surface area contributed by atoms with Crippen molar-refractivity contribution in [3.63, 3.8) is 0 Å². The van der Waals surface area contributed by atoms with Crippen molar-refractivity contribution in [2.24, 2.45) is 5.92 Å². The molecule has 1 aliphatic rings. The summed E-state index contributed by atoms with van der Waals surface area (Å²) in [7, 11) is 0. The molecular formula is C16H19NO5. The Morgan fingerprint density at radius 1 is 1.23 bits per heavy atom. The van der Waals surface area contributed by atoms with Gasteiger partial charge in [0.1, 0.15) is 5.60 Å². The number of carbonyl (C=O) groups excluding carboxylic acids is 2. The first kappa shape index (κ1) is 16.0. The van der Waals surface area contributed by atoms with Crippen molar-refractivity contribution in [2.45, 2.75) is 32.8 Å². The molecule has 1 aromatic rings. The molecule has 0 aromatic heterocycles. The second kappa shape index (κ2) is 5.79. The van der Waals surface area contributed by atoms with Crippen molar-refractivity contribution in [1.29, 1.82) is 0 Å². The van der Waals surface area contributed by atoms with Crippen LogP contribution in [0, 0.1) is 5.92 Å². The third-order valence-electron chi connectivity index (χ3n) is 3.29. The SMILES string of the molecule is CC(C)(C)OC(=O)c1ccc(N2CC(C(=O)O)CC2=O)cc1. The fraction of sp³-hybridized carbons (Fsp3) is 0.438. The van der Waals surface area contributed by atoms with E-state index in [1.54, 1.807) is 45.0 Å². The molecule has 22 heavy (non-hydrogen) atoms. The van der Waals surface area contributed by atoms with E-state index in [9.17, 15) is 14.4 Å². The van der Waals surface area contributed by atoms with Gasteiger partial charge in [-0.05, 0) is 45.0 Å². The van der Waals surface area contributed by atoms with E-state index in [0.717, 1.165) is 0 Å². The van der Waals surface area contributed by atoms with Gasteiger partial charge in [-0.15, -0.1) is 0 Å². The van der Waals surface area contributed by atoms with E-state index in [2.05, 4.69) is 0 Å². The molecule has 1 aromatic carbocycles. The molecule has 0 aliphatic carbocycles. The maximum absolute atomic E-state index is 11.9. The minimum absolute atomic E-state index is 0.00313. The van der Waals surface area contributed by atoms with E-state index in [0.29, 0.717) is 11.3 Å². The van der Waals surface area contributed by atoms with Gasteiger partial charge in [-0.1, -0.05) is 0 Å². The minimum Gasteiger partial charge on any atom is -0.481 e. The smallest absolute Gasteiger partial charge is 0.338 e. The number of hydrogen-bond donors (Lipinski definition) is 1. The number of carbonyl (C=O) groups is 3. The van der Waals surface area contributed by atoms with Gasteiger partial charge in [-0.3, -0.25) is 9.59 Å². The van der Waals surface area contributed by atoms with Crippen LogP contribution in [0.3, 0.4) is 0 Å². The Bertz CT molecular complexity index is 600. The van der Waals surface area contributed by atoms with Crippen LogP contribution in [-0.4, -0.2) is 35.1 Å². The number of amides is 1. The second-order valence-corrected chi connectivity index (χ2v) is 6.29. The van der Waals surface area contributed by atoms with Gasteiger partial charge in [0.15, 0.2) is 0 Å². The van der Waals surface area contributed by atoms with Gasteiger partial charge >= 0.3 is 11.9 Å². The standard InChI is InChI=1S/C16H19NO5/c1-16(2,3)22-15(21)10-4-6-12(7-5-10)17-9-11(14(19)20)8-13(17)18/h4-7,11H,8-9H2,1-3H3,(H,19,20). The molecule has 118 valence electrons. The number of rotatable bonds is 3. The van der Waals surface area contributed by atoms with Gasteiger partial charge in [-0.2, -0.15) is 0 Å². The highest BCUT2D eigenvalue weighted by molar-refractivity contribution is 5.99. The molecule has 6 nitrogen and oxygen atoms in total. The van der Waals surface area contributed by atoms with Crippen LogP contribution >= 0.6 is 0 Å². The number of nitrogens with zero attached hydrogens (tertiary/aromatic N) is 1. The van der Waals surface area contributed by atoms with Crippen LogP contribution < -0.4 is 4.90 Å². The average molecular weight is 305 g/mol. The van der Waals surface area contributed by atoms with Gasteiger partial charge in [0.05, 0.1) is 11.5 Å². The first-order chi connectivity index (χ1) is 10.2. The van der Waals surface area contributed by atoms with Crippen LogP contribution in [0.5, 0.6) is 0 Å². The average Bonchev–Trinajstić information content (AvgIpc) is 2.79. The number of esters is 1. The molecule has 1 unspecified atom stereocenters. The van der Waals surface area contributed by atoms with Crippen molar-refractivity contribution in [3.05, 3.63) is 29.8 Å². The number of benzene rings is 1. The summed E-state index contributed by atoms with van der Waals surface area (Å²) in [5.41, 5.74) is 0.399. The highest BCUT2D eigenvalue weighted by atomic mass is 16.6. The Balaban J connectivity index is 2.11. The van der Waals surface area contributed by atoms with Crippen molar-refractivity contribution in [2.75, 3.05) is 11.4 Å². The number of hydrogen-bond acceptors (Lipinski definition) is 4. The Morgan fingerprint density at radius 2 is 1.82 bits per heavy atom. The molecule has 1 fully saturated rings. The summed E-state index contributed by atoms with van der Waals surface area (Å²) in [6.07, 6.45) is 0.00313. The monoisotopic (exact) mass is 305 g/mol. The Morgan fingerprint density at radius 3 is 2.27 bits per heavy atom. The first-order valence-electron chi connectivity index (χ1n) is 7.04. The lowest BCUT2D eigenvalue weighted by atomic mass is 10.1. The first-order valence-corrected chi connectivity index (χ1v) is 7.04. The molecular weight excluding hydrogens is 286 g/mol. The molecule has 0 radical (unpaired) electrons. The highest BCUT2D eigenvalue weighted by Gasteiger charge is 2.35. The topological polar surface area (TPSA) is 83.9 Å². The van der Waals surface area contributed by atoms with Crippen LogP contribution in [0.1, 0.15) is 37.6 Å². The zero-order valence-electron chi connectivity index (χ0n) is 12.8. The van der Waals surface area contributed by atoms with E-state index in [-0.39, 0.29) is 18.9 Å². The van der Waals surface area contributed by atoms with Gasteiger partial charge in [0.25, 0.3) is 0 Å². The summed E-state index contributed by atoms with van der Waals surface area (Å²) in [4.78, 5) is 36.2. The molecule has 1 heterocycles. The van der Waals surface area contributed by atoms with Gasteiger partial charge in [0, 0.05) is 18.7 Å². The lowest BCUT2D eigenvalue weighted by Gasteiger charge is -2.20. The maximum atomic E-state index is 11.9. The third-order valence-corrected chi connectivity index (χ3v) is 3.29. The number of ether oxygens (including phenoxy) is 1. The summed E-state index contributed by atoms with van der Waals surface area (Å²) in [6, 6.07) is 6.40. The van der Waals surface area contributed by atoms with E-state index in [4.69, 9.17) is 9.84 Å². The molecule has 0 saturated carbocycles. The zero-order chi connectivity index (χ0) is 16.5. The third kappa shape index (κ3) is 3.63. The summed E-state index contributed by atoms with van der Waals surface area (Å²) >= 11 is 0. The number of carboxylic acids is 1. The van der Waals surface area contributed by atoms with Crippen LogP contribution in [0.4, 0.5) is 5.69 Å². The van der Waals surface area contributed by atoms with Crippen molar-refractivity contribution in [3.8, 4) is 0 Å². The van der Waals surface area contributed by atoms with Crippen LogP contribution in [0.2, 0.25) is 0 Å². The largest absolute Gasteiger partial charge is 0.481 e. The lowest BCUT2D eigenvalue weighted by molar-refractivity contribution is -0.141. The van der Waals surface area contributed by atoms with Gasteiger partial charge in [0.2, 0.25) is 5.91 Å². The Hall–Kier alpha value is -2.37. The van der Waals surface area contributed by atoms with Gasteiger partial charge < -0.3 is 14.7 Å². The molecule has 1 saturated heterocycles. The fourth-order valence-corrected chi connectivity index (χ4v) is 2.24. The van der Waals surface area contributed by atoms with Crippen LogP contribution in [0.25, 0.3) is 0 Å². The minimum atomic E-state index is -0.971. The van der Waals surface area contributed by atoms with Crippen molar-refractivity contribution >= 4 is 23.5 Å². The zero-order valence-corrected chi connectivity index (χ0v) is 12.8. The maximum Gasteiger partial charge on any atom is 0.338 e. The van der Waals surface area contributed by atoms with E-state index >= 15 is 0 Å². The Kier molecular flexibility index (Phi) is 4.21. The normalized spacial score (nSPS) is 18.4. The molecule has 0 bridgehead atoms. The second-order valence-electron chi connectivity index (χ2n) is 6.29. The molecule has 1 N–H and O–H groups in total. The lowest BCUT2D eigenvalue weighted by Crippen LogP contribution is -2.26. The summed E-state index contributed by atoms with van der Waals surface area (Å²) in [5.74, 6) is -2.31. The fourth-order valence-electron chi connectivity index (χ4n) is 2.24. The summed E-state index contributed by atoms with van der Waals surface area (Å²) < 4.78 is 5.26. The molecule has 0 spiro atoms. The molecule has 1 atom stereocenters. The van der Waals surface area contributed by atoms with E-state index < -0.39 is 23.5 Å². The molecule has 2 rings (SSSR count). The quantitative estimate of drug-likeness (QED) is 0.864. The van der Waals surface area contributed by atoms with E-state index in [1.807, 2.05) is 0 Å². The van der Waals surface area contributed by atoms with Crippen molar-refractivity contribution < 1.29 is 24.2 Å². The molecule has 1 aliphatic heterocycles. The van der Waals surface area contributed by atoms with Crippen LogP contribution in [-0.2, 0) is 14.3 Å². The number of anilines is 1. The molecule has 6 heteroatoms. The number of carboxylic acid groups (broad SMARTS) is 1. The van der Waals surface area contributed by atoms with Gasteiger partial charge in [-0.25, -0.2) is 4.79 Å². The van der Waals surface area contributed by atoms with Crippen LogP contribution in [0.15, 0.2) is 24.3 Å². The highest BCUT2D eigenvalue weighted by Crippen LogP contribution is 2.26. The summed E-state index contributed by atoms with van der Waals surface area (Å²) in [5, 5.41) is 8.98. The van der Waals surface area contributed by atoms with Crippen molar-refractivity contribution in [1.82, 2.24) is 0 Å². The Labute approximate surface area is 128 Å². The number of aliphatic carboxylic acids is 1.